The van der Waals surface area contributed by atoms with Gasteiger partial charge in [0.2, 0.25) is 0 Å². The number of pyridine rings is 1. The number of nitrogens with one attached hydrogen (secondary N) is 2. The van der Waals surface area contributed by atoms with Crippen LogP contribution in [0, 0.1) is 0 Å². The standard InChI is InChI=1S/C17H18ClN3O2/c1-2-10-19-16(22)14-4-3-5-15(21-14)17(23)20-11-12-6-8-13(18)9-7-12/h3-9H,2,10-11H2,1H3,(H,19,22)(H,20,23). The van der Waals surface area contributed by atoms with Crippen molar-refractivity contribution in [2.24, 2.45) is 0 Å². The summed E-state index contributed by atoms with van der Waals surface area (Å²) >= 11 is 5.82. The van der Waals surface area contributed by atoms with Crippen LogP contribution in [-0.4, -0.2) is 23.3 Å². The van der Waals surface area contributed by atoms with E-state index in [1.165, 1.54) is 0 Å². The van der Waals surface area contributed by atoms with E-state index in [0.717, 1.165) is 12.0 Å². The predicted octanol–water partition coefficient (Wildman–Crippen LogP) is 2.80. The average molecular weight is 332 g/mol. The van der Waals surface area contributed by atoms with Crippen molar-refractivity contribution >= 4 is 23.4 Å². The normalized spacial score (nSPS) is 10.2. The van der Waals surface area contributed by atoms with Crippen LogP contribution in [0.2, 0.25) is 5.02 Å². The van der Waals surface area contributed by atoms with Gasteiger partial charge in [0.15, 0.2) is 0 Å². The number of carbonyl (C=O) groups is 2. The second-order valence-electron chi connectivity index (χ2n) is 4.97. The minimum Gasteiger partial charge on any atom is -0.351 e. The maximum atomic E-state index is 12.1. The molecule has 23 heavy (non-hydrogen) atoms. The number of halogens is 1. The molecule has 1 aromatic carbocycles. The fourth-order valence-electron chi connectivity index (χ4n) is 1.89. The van der Waals surface area contributed by atoms with Gasteiger partial charge < -0.3 is 10.6 Å². The Morgan fingerprint density at radius 3 is 2.22 bits per heavy atom. The number of amides is 2. The third-order valence-electron chi connectivity index (χ3n) is 3.12. The number of carbonyl (C=O) groups excluding carboxylic acids is 2. The van der Waals surface area contributed by atoms with Crippen LogP contribution < -0.4 is 10.6 Å². The quantitative estimate of drug-likeness (QED) is 0.855. The summed E-state index contributed by atoms with van der Waals surface area (Å²) in [5, 5.41) is 6.15. The predicted molar refractivity (Wildman–Crippen MR) is 89.5 cm³/mol. The third-order valence-corrected chi connectivity index (χ3v) is 3.37. The smallest absolute Gasteiger partial charge is 0.270 e. The summed E-state index contributed by atoms with van der Waals surface area (Å²) in [6.07, 6.45) is 0.840. The van der Waals surface area contributed by atoms with Crippen LogP contribution in [0.5, 0.6) is 0 Å². The molecule has 0 saturated heterocycles. The fourth-order valence-corrected chi connectivity index (χ4v) is 2.02. The van der Waals surface area contributed by atoms with Crippen molar-refractivity contribution < 1.29 is 9.59 Å². The molecule has 2 rings (SSSR count). The molecular formula is C17H18ClN3O2. The second kappa shape index (κ2) is 8.29. The average Bonchev–Trinajstić information content (AvgIpc) is 2.59. The van der Waals surface area contributed by atoms with Gasteiger partial charge >= 0.3 is 0 Å². The Labute approximate surface area is 140 Å². The maximum absolute atomic E-state index is 12.1. The molecule has 2 amide bonds. The van der Waals surface area contributed by atoms with Gasteiger partial charge in [0.1, 0.15) is 11.4 Å². The Balaban J connectivity index is 1.99. The fraction of sp³-hybridized carbons (Fsp3) is 0.235. The van der Waals surface area contributed by atoms with E-state index < -0.39 is 0 Å². The zero-order valence-electron chi connectivity index (χ0n) is 12.8. The number of hydrogen-bond donors (Lipinski definition) is 2. The number of benzene rings is 1. The molecule has 0 radical (unpaired) electrons. The van der Waals surface area contributed by atoms with Gasteiger partial charge in [0, 0.05) is 18.1 Å². The van der Waals surface area contributed by atoms with Gasteiger partial charge in [-0.25, -0.2) is 4.98 Å². The van der Waals surface area contributed by atoms with E-state index >= 15 is 0 Å². The SMILES string of the molecule is CCCNC(=O)c1cccc(C(=O)NCc2ccc(Cl)cc2)n1. The van der Waals surface area contributed by atoms with E-state index in [9.17, 15) is 9.59 Å². The molecule has 0 unspecified atom stereocenters. The highest BCUT2D eigenvalue weighted by Gasteiger charge is 2.11. The molecule has 5 nitrogen and oxygen atoms in total. The minimum absolute atomic E-state index is 0.211. The van der Waals surface area contributed by atoms with Crippen molar-refractivity contribution in [3.8, 4) is 0 Å². The van der Waals surface area contributed by atoms with Crippen LogP contribution >= 0.6 is 11.6 Å². The van der Waals surface area contributed by atoms with E-state index in [2.05, 4.69) is 15.6 Å². The van der Waals surface area contributed by atoms with Crippen molar-refractivity contribution in [3.63, 3.8) is 0 Å². The minimum atomic E-state index is -0.329. The lowest BCUT2D eigenvalue weighted by atomic mass is 10.2. The highest BCUT2D eigenvalue weighted by Crippen LogP contribution is 2.09. The van der Waals surface area contributed by atoms with Crippen LogP contribution in [0.4, 0.5) is 0 Å². The van der Waals surface area contributed by atoms with E-state index in [-0.39, 0.29) is 23.2 Å². The monoisotopic (exact) mass is 331 g/mol. The molecule has 0 spiro atoms. The highest BCUT2D eigenvalue weighted by atomic mass is 35.5. The number of nitrogens with zero attached hydrogens (tertiary/aromatic N) is 1. The zero-order valence-corrected chi connectivity index (χ0v) is 13.6. The van der Waals surface area contributed by atoms with Crippen molar-refractivity contribution in [1.82, 2.24) is 15.6 Å². The maximum Gasteiger partial charge on any atom is 0.270 e. The van der Waals surface area contributed by atoms with Gasteiger partial charge in [-0.3, -0.25) is 9.59 Å². The van der Waals surface area contributed by atoms with E-state index in [1.807, 2.05) is 19.1 Å². The largest absolute Gasteiger partial charge is 0.351 e. The summed E-state index contributed by atoms with van der Waals surface area (Å²) in [4.78, 5) is 28.1. The Morgan fingerprint density at radius 1 is 1.00 bits per heavy atom. The Morgan fingerprint density at radius 2 is 1.61 bits per heavy atom. The first kappa shape index (κ1) is 17.0. The molecule has 120 valence electrons. The molecule has 0 aliphatic rings. The van der Waals surface area contributed by atoms with Crippen LogP contribution in [0.15, 0.2) is 42.5 Å². The lowest BCUT2D eigenvalue weighted by Gasteiger charge is -2.07. The molecule has 0 aliphatic heterocycles. The van der Waals surface area contributed by atoms with Crippen LogP contribution in [0.1, 0.15) is 39.9 Å². The van der Waals surface area contributed by atoms with Gasteiger partial charge in [0.05, 0.1) is 0 Å². The zero-order chi connectivity index (χ0) is 16.7. The van der Waals surface area contributed by atoms with E-state index in [4.69, 9.17) is 11.6 Å². The lowest BCUT2D eigenvalue weighted by molar-refractivity contribution is 0.0942. The van der Waals surface area contributed by atoms with Gasteiger partial charge in [-0.05, 0) is 36.2 Å². The molecule has 0 bridgehead atoms. The molecule has 2 aromatic rings. The summed E-state index contributed by atoms with van der Waals surface area (Å²) in [6, 6.07) is 12.0. The molecule has 0 saturated carbocycles. The van der Waals surface area contributed by atoms with Crippen LogP contribution in [0.3, 0.4) is 0 Å². The molecule has 0 atom stereocenters. The summed E-state index contributed by atoms with van der Waals surface area (Å²) in [5.74, 6) is -0.607. The molecular weight excluding hydrogens is 314 g/mol. The number of rotatable bonds is 6. The summed E-state index contributed by atoms with van der Waals surface area (Å²) < 4.78 is 0. The third kappa shape index (κ3) is 5.07. The van der Waals surface area contributed by atoms with Crippen LogP contribution in [-0.2, 0) is 6.54 Å². The molecule has 1 aromatic heterocycles. The Kier molecular flexibility index (Phi) is 6.11. The molecule has 1 heterocycles. The summed E-state index contributed by atoms with van der Waals surface area (Å²) in [7, 11) is 0. The van der Waals surface area contributed by atoms with Gasteiger partial charge in [0.25, 0.3) is 11.8 Å². The Bertz CT molecular complexity index is 686. The first-order chi connectivity index (χ1) is 11.1. The van der Waals surface area contributed by atoms with Crippen molar-refractivity contribution in [3.05, 3.63) is 64.4 Å². The van der Waals surface area contributed by atoms with E-state index in [1.54, 1.807) is 30.3 Å². The molecule has 0 aliphatic carbocycles. The van der Waals surface area contributed by atoms with Crippen molar-refractivity contribution in [2.75, 3.05) is 6.54 Å². The molecule has 6 heteroatoms. The lowest BCUT2D eigenvalue weighted by Crippen LogP contribution is -2.27. The van der Waals surface area contributed by atoms with E-state index in [0.29, 0.717) is 18.1 Å². The highest BCUT2D eigenvalue weighted by molar-refractivity contribution is 6.30. The summed E-state index contributed by atoms with van der Waals surface area (Å²) in [5.41, 5.74) is 1.38. The van der Waals surface area contributed by atoms with Crippen LogP contribution in [0.25, 0.3) is 0 Å². The second-order valence-corrected chi connectivity index (χ2v) is 5.41. The van der Waals surface area contributed by atoms with Gasteiger partial charge in [-0.15, -0.1) is 0 Å². The topological polar surface area (TPSA) is 71.1 Å². The summed E-state index contributed by atoms with van der Waals surface area (Å²) in [6.45, 7) is 2.91. The molecule has 2 N–H and O–H groups in total. The van der Waals surface area contributed by atoms with Crippen molar-refractivity contribution in [1.29, 1.82) is 0 Å². The van der Waals surface area contributed by atoms with Crippen molar-refractivity contribution in [2.45, 2.75) is 19.9 Å². The molecule has 0 fully saturated rings. The number of hydrogen-bond acceptors (Lipinski definition) is 3. The van der Waals surface area contributed by atoms with Gasteiger partial charge in [-0.1, -0.05) is 36.7 Å². The van der Waals surface area contributed by atoms with Gasteiger partial charge in [-0.2, -0.15) is 0 Å². The number of aromatic nitrogens is 1. The Hall–Kier alpha value is -2.40. The first-order valence-electron chi connectivity index (χ1n) is 7.38. The first-order valence-corrected chi connectivity index (χ1v) is 7.76.